The van der Waals surface area contributed by atoms with Crippen molar-refractivity contribution in [2.45, 2.75) is 38.3 Å². The van der Waals surface area contributed by atoms with Gasteiger partial charge in [-0.15, -0.1) is 0 Å². The van der Waals surface area contributed by atoms with Gasteiger partial charge in [-0.2, -0.15) is 13.2 Å². The van der Waals surface area contributed by atoms with E-state index in [0.29, 0.717) is 6.54 Å². The van der Waals surface area contributed by atoms with Crippen LogP contribution in [-0.4, -0.2) is 6.54 Å². The largest absolute Gasteiger partial charge is 0.416 e. The molecular formula is C14H18F3N. The first kappa shape index (κ1) is 13.4. The summed E-state index contributed by atoms with van der Waals surface area (Å²) in [5, 5.41) is 0. The molecule has 2 rings (SSSR count). The minimum absolute atomic E-state index is 0.174. The van der Waals surface area contributed by atoms with E-state index >= 15 is 0 Å². The van der Waals surface area contributed by atoms with Gasteiger partial charge in [0.05, 0.1) is 5.56 Å². The predicted octanol–water partition coefficient (Wildman–Crippen LogP) is 3.72. The molecule has 1 saturated carbocycles. The quantitative estimate of drug-likeness (QED) is 0.858. The Balaban J connectivity index is 2.34. The highest BCUT2D eigenvalue weighted by Gasteiger charge is 2.49. The average Bonchev–Trinajstić information content (AvgIpc) is 2.24. The molecule has 0 aromatic heterocycles. The van der Waals surface area contributed by atoms with E-state index in [1.54, 1.807) is 6.07 Å². The second-order valence-electron chi connectivity index (χ2n) is 6.08. The topological polar surface area (TPSA) is 26.0 Å². The predicted molar refractivity (Wildman–Crippen MR) is 65.2 cm³/mol. The van der Waals surface area contributed by atoms with E-state index in [2.05, 4.69) is 13.8 Å². The molecule has 1 aliphatic carbocycles. The van der Waals surface area contributed by atoms with E-state index in [4.69, 9.17) is 5.73 Å². The van der Waals surface area contributed by atoms with E-state index in [1.165, 1.54) is 12.1 Å². The molecule has 1 fully saturated rings. The lowest BCUT2D eigenvalue weighted by Crippen LogP contribution is -2.51. The fraction of sp³-hybridized carbons (Fsp3) is 0.571. The van der Waals surface area contributed by atoms with Gasteiger partial charge in [-0.3, -0.25) is 0 Å². The number of hydrogen-bond donors (Lipinski definition) is 1. The fourth-order valence-electron chi connectivity index (χ4n) is 3.27. The van der Waals surface area contributed by atoms with Crippen LogP contribution in [0.25, 0.3) is 0 Å². The summed E-state index contributed by atoms with van der Waals surface area (Å²) in [7, 11) is 0. The van der Waals surface area contributed by atoms with Crippen LogP contribution < -0.4 is 5.73 Å². The van der Waals surface area contributed by atoms with Crippen LogP contribution in [0.15, 0.2) is 24.3 Å². The van der Waals surface area contributed by atoms with Crippen molar-refractivity contribution in [3.63, 3.8) is 0 Å². The first-order chi connectivity index (χ1) is 8.19. The molecule has 1 aliphatic rings. The Morgan fingerprint density at radius 2 is 1.83 bits per heavy atom. The van der Waals surface area contributed by atoms with Crippen molar-refractivity contribution in [2.24, 2.45) is 11.1 Å². The lowest BCUT2D eigenvalue weighted by molar-refractivity contribution is -0.137. The van der Waals surface area contributed by atoms with Gasteiger partial charge in [0.1, 0.15) is 0 Å². The van der Waals surface area contributed by atoms with Gasteiger partial charge >= 0.3 is 6.18 Å². The van der Waals surface area contributed by atoms with Crippen LogP contribution in [0.1, 0.15) is 37.8 Å². The third-order valence-corrected chi connectivity index (χ3v) is 3.83. The molecule has 0 spiro atoms. The van der Waals surface area contributed by atoms with Gasteiger partial charge in [0.25, 0.3) is 0 Å². The molecule has 0 amide bonds. The van der Waals surface area contributed by atoms with Gasteiger partial charge in [0.15, 0.2) is 0 Å². The van der Waals surface area contributed by atoms with Crippen molar-refractivity contribution >= 4 is 0 Å². The third-order valence-electron chi connectivity index (χ3n) is 3.83. The van der Waals surface area contributed by atoms with Crippen LogP contribution >= 0.6 is 0 Å². The van der Waals surface area contributed by atoms with Gasteiger partial charge in [-0.25, -0.2) is 0 Å². The van der Waals surface area contributed by atoms with Gasteiger partial charge in [-0.1, -0.05) is 32.0 Å². The van der Waals surface area contributed by atoms with Crippen LogP contribution in [0.2, 0.25) is 0 Å². The van der Waals surface area contributed by atoms with E-state index in [-0.39, 0.29) is 10.8 Å². The average molecular weight is 257 g/mol. The minimum Gasteiger partial charge on any atom is -0.330 e. The molecule has 0 aliphatic heterocycles. The maximum Gasteiger partial charge on any atom is 0.416 e. The monoisotopic (exact) mass is 257 g/mol. The Bertz CT molecular complexity index is 441. The molecule has 1 nitrogen and oxygen atoms in total. The van der Waals surface area contributed by atoms with Gasteiger partial charge in [0, 0.05) is 12.0 Å². The van der Waals surface area contributed by atoms with E-state index in [9.17, 15) is 13.2 Å². The molecule has 0 bridgehead atoms. The summed E-state index contributed by atoms with van der Waals surface area (Å²) < 4.78 is 38.1. The number of alkyl halides is 3. The zero-order valence-corrected chi connectivity index (χ0v) is 10.6. The van der Waals surface area contributed by atoms with E-state index < -0.39 is 11.7 Å². The second-order valence-corrected chi connectivity index (χ2v) is 6.08. The van der Waals surface area contributed by atoms with Crippen molar-refractivity contribution in [2.75, 3.05) is 6.54 Å². The SMILES string of the molecule is CC1(C)CC(CN)(c2cccc(C(F)(F)F)c2)C1. The summed E-state index contributed by atoms with van der Waals surface area (Å²) in [5.41, 5.74) is 5.84. The number of rotatable bonds is 2. The highest BCUT2D eigenvalue weighted by molar-refractivity contribution is 5.35. The summed E-state index contributed by atoms with van der Waals surface area (Å²) in [5.74, 6) is 0. The van der Waals surface area contributed by atoms with Gasteiger partial charge in [0.2, 0.25) is 0 Å². The van der Waals surface area contributed by atoms with E-state index in [0.717, 1.165) is 24.5 Å². The molecule has 1 aromatic carbocycles. The summed E-state index contributed by atoms with van der Waals surface area (Å²) in [6.45, 7) is 4.64. The Morgan fingerprint density at radius 3 is 2.28 bits per heavy atom. The van der Waals surface area contributed by atoms with E-state index in [1.807, 2.05) is 0 Å². The van der Waals surface area contributed by atoms with Gasteiger partial charge < -0.3 is 5.73 Å². The highest BCUT2D eigenvalue weighted by Crippen LogP contribution is 2.55. The van der Waals surface area contributed by atoms with Crippen molar-refractivity contribution in [1.29, 1.82) is 0 Å². The molecular weight excluding hydrogens is 239 g/mol. The molecule has 100 valence electrons. The Kier molecular flexibility index (Phi) is 2.97. The smallest absolute Gasteiger partial charge is 0.330 e. The van der Waals surface area contributed by atoms with Crippen LogP contribution in [0.3, 0.4) is 0 Å². The lowest BCUT2D eigenvalue weighted by Gasteiger charge is -2.53. The normalized spacial score (nSPS) is 21.4. The standard InChI is InChI=1S/C14H18F3N/c1-12(2)7-13(8-12,9-18)10-4-3-5-11(6-10)14(15,16)17/h3-6H,7-9,18H2,1-2H3. The molecule has 4 heteroatoms. The molecule has 18 heavy (non-hydrogen) atoms. The molecule has 0 heterocycles. The molecule has 0 saturated heterocycles. The number of hydrogen-bond acceptors (Lipinski definition) is 1. The maximum atomic E-state index is 12.7. The third kappa shape index (κ3) is 2.26. The summed E-state index contributed by atoms with van der Waals surface area (Å²) in [6, 6.07) is 5.60. The Hall–Kier alpha value is -1.03. The molecule has 2 N–H and O–H groups in total. The van der Waals surface area contributed by atoms with Gasteiger partial charge in [-0.05, 0) is 29.9 Å². The first-order valence-corrected chi connectivity index (χ1v) is 6.06. The first-order valence-electron chi connectivity index (χ1n) is 6.06. The molecule has 0 unspecified atom stereocenters. The van der Waals surface area contributed by atoms with Crippen molar-refractivity contribution in [1.82, 2.24) is 0 Å². The number of nitrogens with two attached hydrogens (primary N) is 1. The van der Waals surface area contributed by atoms with Crippen LogP contribution in [0, 0.1) is 5.41 Å². The summed E-state index contributed by atoms with van der Waals surface area (Å²) in [4.78, 5) is 0. The zero-order chi connectivity index (χ0) is 13.6. The fourth-order valence-corrected chi connectivity index (χ4v) is 3.27. The summed E-state index contributed by atoms with van der Waals surface area (Å²) in [6.07, 6.45) is -2.60. The Morgan fingerprint density at radius 1 is 1.22 bits per heavy atom. The maximum absolute atomic E-state index is 12.7. The van der Waals surface area contributed by atoms with Crippen molar-refractivity contribution in [3.05, 3.63) is 35.4 Å². The van der Waals surface area contributed by atoms with Crippen LogP contribution in [-0.2, 0) is 11.6 Å². The summed E-state index contributed by atoms with van der Waals surface area (Å²) >= 11 is 0. The van der Waals surface area contributed by atoms with Crippen LogP contribution in [0.4, 0.5) is 13.2 Å². The minimum atomic E-state index is -4.29. The molecule has 0 radical (unpaired) electrons. The van der Waals surface area contributed by atoms with Crippen molar-refractivity contribution < 1.29 is 13.2 Å². The Labute approximate surface area is 105 Å². The number of halogens is 3. The zero-order valence-electron chi connectivity index (χ0n) is 10.6. The lowest BCUT2D eigenvalue weighted by atomic mass is 9.52. The molecule has 1 aromatic rings. The molecule has 0 atom stereocenters. The van der Waals surface area contributed by atoms with Crippen LogP contribution in [0.5, 0.6) is 0 Å². The number of benzene rings is 1. The highest BCUT2D eigenvalue weighted by atomic mass is 19.4. The van der Waals surface area contributed by atoms with Crippen molar-refractivity contribution in [3.8, 4) is 0 Å². The second kappa shape index (κ2) is 3.98.